The Morgan fingerprint density at radius 3 is 2.50 bits per heavy atom. The summed E-state index contributed by atoms with van der Waals surface area (Å²) in [4.78, 5) is 32.7. The number of carbonyl (C=O) groups excluding carboxylic acids is 2. The molecule has 0 saturated heterocycles. The van der Waals surface area contributed by atoms with E-state index in [0.717, 1.165) is 31.2 Å². The maximum absolute atomic E-state index is 13.8. The smallest absolute Gasteiger partial charge is 0.257 e. The lowest BCUT2D eigenvalue weighted by atomic mass is 9.83. The van der Waals surface area contributed by atoms with E-state index in [4.69, 9.17) is 0 Å². The molecule has 0 bridgehead atoms. The number of fused-ring (bicyclic) bond motifs is 1. The minimum atomic E-state index is -1.37. The van der Waals surface area contributed by atoms with E-state index in [0.29, 0.717) is 17.0 Å². The number of carbonyl (C=O) groups is 2. The van der Waals surface area contributed by atoms with Gasteiger partial charge < -0.3 is 5.32 Å². The minimum Gasteiger partial charge on any atom is -0.351 e. The van der Waals surface area contributed by atoms with E-state index in [1.54, 1.807) is 23.2 Å². The number of aromatic nitrogens is 1. The number of nitrogens with one attached hydrogen (secondary N) is 1. The average Bonchev–Trinajstić information content (AvgIpc) is 2.99. The van der Waals surface area contributed by atoms with Gasteiger partial charge in [-0.25, -0.2) is 0 Å². The van der Waals surface area contributed by atoms with Crippen LogP contribution in [0.25, 0.3) is 5.57 Å². The fourth-order valence-corrected chi connectivity index (χ4v) is 4.58. The van der Waals surface area contributed by atoms with Crippen molar-refractivity contribution in [1.82, 2.24) is 10.3 Å². The summed E-state index contributed by atoms with van der Waals surface area (Å²) in [5.74, 6) is -0.440. The number of pyridine rings is 1. The molecule has 1 N–H and O–H groups in total. The molecule has 5 heteroatoms. The van der Waals surface area contributed by atoms with Gasteiger partial charge in [0.15, 0.2) is 5.54 Å². The predicted molar refractivity (Wildman–Crippen MR) is 110 cm³/mol. The van der Waals surface area contributed by atoms with Gasteiger partial charge in [0.05, 0.1) is 11.4 Å². The quantitative estimate of drug-likeness (QED) is 0.887. The lowest BCUT2D eigenvalue weighted by Gasteiger charge is -2.38. The molecule has 0 spiro atoms. The summed E-state index contributed by atoms with van der Waals surface area (Å²) < 4.78 is 0. The van der Waals surface area contributed by atoms with Crippen LogP contribution in [-0.2, 0) is 15.1 Å². The largest absolute Gasteiger partial charge is 0.351 e. The summed E-state index contributed by atoms with van der Waals surface area (Å²) in [6.07, 6.45) is 7.00. The Labute approximate surface area is 165 Å². The number of rotatable bonds is 3. The van der Waals surface area contributed by atoms with Gasteiger partial charge >= 0.3 is 0 Å². The van der Waals surface area contributed by atoms with E-state index < -0.39 is 5.54 Å². The van der Waals surface area contributed by atoms with Crippen molar-refractivity contribution in [3.05, 3.63) is 66.5 Å². The summed E-state index contributed by atoms with van der Waals surface area (Å²) in [5, 5.41) is 3.22. The zero-order chi connectivity index (χ0) is 19.7. The summed E-state index contributed by atoms with van der Waals surface area (Å²) >= 11 is 0. The van der Waals surface area contributed by atoms with Crippen LogP contribution in [-0.4, -0.2) is 22.8 Å². The van der Waals surface area contributed by atoms with Crippen LogP contribution in [0, 0.1) is 0 Å². The molecule has 2 aliphatic rings. The van der Waals surface area contributed by atoms with Crippen LogP contribution in [0.4, 0.5) is 5.69 Å². The summed E-state index contributed by atoms with van der Waals surface area (Å²) in [6, 6.07) is 13.1. The normalized spacial score (nSPS) is 22.0. The van der Waals surface area contributed by atoms with Gasteiger partial charge in [-0.15, -0.1) is 0 Å². The Bertz CT molecular complexity index is 918. The number of para-hydroxylation sites is 1. The molecule has 1 aromatic heterocycles. The topological polar surface area (TPSA) is 62.3 Å². The van der Waals surface area contributed by atoms with E-state index in [-0.39, 0.29) is 17.9 Å². The molecule has 1 saturated carbocycles. The number of hydrogen-bond acceptors (Lipinski definition) is 3. The van der Waals surface area contributed by atoms with Crippen molar-refractivity contribution in [3.8, 4) is 0 Å². The molecule has 1 unspecified atom stereocenters. The van der Waals surface area contributed by atoms with Crippen molar-refractivity contribution in [1.29, 1.82) is 0 Å². The van der Waals surface area contributed by atoms with E-state index in [9.17, 15) is 9.59 Å². The number of nitrogens with zero attached hydrogens (tertiary/aromatic N) is 2. The molecule has 28 heavy (non-hydrogen) atoms. The molecule has 1 aliphatic carbocycles. The van der Waals surface area contributed by atoms with Crippen molar-refractivity contribution in [2.75, 3.05) is 4.90 Å². The second-order valence-corrected chi connectivity index (χ2v) is 7.58. The Balaban J connectivity index is 1.87. The van der Waals surface area contributed by atoms with Crippen LogP contribution in [0.3, 0.4) is 0 Å². The molecule has 2 amide bonds. The van der Waals surface area contributed by atoms with Crippen LogP contribution in [0.15, 0.2) is 55.2 Å². The molecule has 1 atom stereocenters. The second-order valence-electron chi connectivity index (χ2n) is 7.58. The Morgan fingerprint density at radius 2 is 1.82 bits per heavy atom. The molecular formula is C23H25N3O2. The first-order chi connectivity index (χ1) is 13.6. The third-order valence-electron chi connectivity index (χ3n) is 5.86. The number of anilines is 1. The summed E-state index contributed by atoms with van der Waals surface area (Å²) in [5.41, 5.74) is 1.24. The third-order valence-corrected chi connectivity index (χ3v) is 5.86. The lowest BCUT2D eigenvalue weighted by Crippen LogP contribution is -2.58. The minimum absolute atomic E-state index is 0.118. The molecule has 4 rings (SSSR count). The van der Waals surface area contributed by atoms with Gasteiger partial charge in [0.25, 0.3) is 5.91 Å². The molecule has 1 aliphatic heterocycles. The Morgan fingerprint density at radius 1 is 1.11 bits per heavy atom. The van der Waals surface area contributed by atoms with E-state index in [1.165, 1.54) is 13.3 Å². The predicted octanol–water partition coefficient (Wildman–Crippen LogP) is 3.81. The zero-order valence-corrected chi connectivity index (χ0v) is 16.1. The number of benzene rings is 1. The van der Waals surface area contributed by atoms with Crippen LogP contribution in [0.5, 0.6) is 0 Å². The molecule has 1 aromatic carbocycles. The monoisotopic (exact) mass is 375 g/mol. The SMILES string of the molecule is C=C1c2ccccc2N(C(C)=O)C1(C(=O)NC1CCCCC1)c1ccccn1. The van der Waals surface area contributed by atoms with E-state index in [1.807, 2.05) is 30.3 Å². The highest BCUT2D eigenvalue weighted by molar-refractivity contribution is 6.17. The highest BCUT2D eigenvalue weighted by Crippen LogP contribution is 2.51. The Kier molecular flexibility index (Phi) is 4.75. The number of amides is 2. The van der Waals surface area contributed by atoms with Gasteiger partial charge in [0, 0.05) is 24.7 Å². The first-order valence-corrected chi connectivity index (χ1v) is 9.89. The van der Waals surface area contributed by atoms with Crippen molar-refractivity contribution < 1.29 is 9.59 Å². The maximum Gasteiger partial charge on any atom is 0.257 e. The summed E-state index contributed by atoms with van der Waals surface area (Å²) in [6.45, 7) is 5.76. The third kappa shape index (κ3) is 2.73. The van der Waals surface area contributed by atoms with Crippen molar-refractivity contribution >= 4 is 23.1 Å². The maximum atomic E-state index is 13.8. The molecule has 1 fully saturated rings. The van der Waals surface area contributed by atoms with Gasteiger partial charge in [-0.1, -0.05) is 50.1 Å². The van der Waals surface area contributed by atoms with Crippen molar-refractivity contribution in [2.45, 2.75) is 50.6 Å². The van der Waals surface area contributed by atoms with Crippen LogP contribution in [0.2, 0.25) is 0 Å². The first-order valence-electron chi connectivity index (χ1n) is 9.89. The van der Waals surface area contributed by atoms with Crippen molar-refractivity contribution in [2.24, 2.45) is 0 Å². The van der Waals surface area contributed by atoms with Crippen LogP contribution < -0.4 is 10.2 Å². The van der Waals surface area contributed by atoms with Gasteiger partial charge in [-0.05, 0) is 36.6 Å². The van der Waals surface area contributed by atoms with Crippen molar-refractivity contribution in [3.63, 3.8) is 0 Å². The fraction of sp³-hybridized carbons (Fsp3) is 0.348. The molecule has 0 radical (unpaired) electrons. The van der Waals surface area contributed by atoms with E-state index >= 15 is 0 Å². The van der Waals surface area contributed by atoms with Crippen LogP contribution >= 0.6 is 0 Å². The van der Waals surface area contributed by atoms with Gasteiger partial charge in [0.2, 0.25) is 5.91 Å². The van der Waals surface area contributed by atoms with Gasteiger partial charge in [0.1, 0.15) is 0 Å². The molecule has 2 aromatic rings. The van der Waals surface area contributed by atoms with Crippen LogP contribution in [0.1, 0.15) is 50.3 Å². The zero-order valence-electron chi connectivity index (χ0n) is 16.1. The van der Waals surface area contributed by atoms with E-state index in [2.05, 4.69) is 16.9 Å². The van der Waals surface area contributed by atoms with Gasteiger partial charge in [-0.3, -0.25) is 19.5 Å². The first kappa shape index (κ1) is 18.4. The summed E-state index contributed by atoms with van der Waals surface area (Å²) in [7, 11) is 0. The molecule has 5 nitrogen and oxygen atoms in total. The average molecular weight is 375 g/mol. The molecule has 144 valence electrons. The Hall–Kier alpha value is -2.95. The fourth-order valence-electron chi connectivity index (χ4n) is 4.58. The van der Waals surface area contributed by atoms with Gasteiger partial charge in [-0.2, -0.15) is 0 Å². The molecule has 2 heterocycles. The standard InChI is InChI=1S/C23H25N3O2/c1-16-19-12-6-7-13-20(19)26(17(2)27)23(16,21-14-8-9-15-24-21)22(28)25-18-10-4-3-5-11-18/h6-9,12-15,18H,1,3-5,10-11H2,2H3,(H,25,28). The number of hydrogen-bond donors (Lipinski definition) is 1. The highest BCUT2D eigenvalue weighted by Gasteiger charge is 2.57. The highest BCUT2D eigenvalue weighted by atomic mass is 16.2. The lowest BCUT2D eigenvalue weighted by molar-refractivity contribution is -0.129. The molecular weight excluding hydrogens is 350 g/mol. The second kappa shape index (κ2) is 7.23.